The lowest BCUT2D eigenvalue weighted by molar-refractivity contribution is 0.0936. The Balaban J connectivity index is 2.15. The fraction of sp³-hybridized carbons (Fsp3) is 0.400. The lowest BCUT2D eigenvalue weighted by Crippen LogP contribution is -2.34. The molecule has 1 aliphatic rings. The van der Waals surface area contributed by atoms with E-state index in [1.165, 1.54) is 6.20 Å². The zero-order valence-corrected chi connectivity index (χ0v) is 8.08. The van der Waals surface area contributed by atoms with Crippen molar-refractivity contribution in [1.82, 2.24) is 10.3 Å². The van der Waals surface area contributed by atoms with Gasteiger partial charge in [-0.15, -0.1) is 0 Å². The van der Waals surface area contributed by atoms with E-state index in [-0.39, 0.29) is 11.4 Å². The molecule has 1 saturated carbocycles. The number of anilines is 1. The summed E-state index contributed by atoms with van der Waals surface area (Å²) in [6.07, 6.45) is 5.15. The number of carbonyl (C=O) groups excluding carboxylic acids is 1. The van der Waals surface area contributed by atoms with Gasteiger partial charge >= 0.3 is 0 Å². The second-order valence-electron chi connectivity index (χ2n) is 3.98. The molecule has 0 aromatic carbocycles. The molecule has 1 aliphatic carbocycles. The van der Waals surface area contributed by atoms with E-state index in [1.54, 1.807) is 12.3 Å². The summed E-state index contributed by atoms with van der Waals surface area (Å²) < 4.78 is 0. The van der Waals surface area contributed by atoms with E-state index in [4.69, 9.17) is 5.73 Å². The molecule has 0 unspecified atom stereocenters. The highest BCUT2D eigenvalue weighted by atomic mass is 16.1. The highest BCUT2D eigenvalue weighted by Gasteiger charge is 2.38. The molecule has 3 N–H and O–H groups in total. The Hall–Kier alpha value is -1.58. The summed E-state index contributed by atoms with van der Waals surface area (Å²) in [7, 11) is 0. The smallest absolute Gasteiger partial charge is 0.253 e. The van der Waals surface area contributed by atoms with E-state index in [1.807, 2.05) is 6.92 Å². The summed E-state index contributed by atoms with van der Waals surface area (Å²) in [5, 5.41) is 2.94. The van der Waals surface area contributed by atoms with Crippen LogP contribution in [0.2, 0.25) is 0 Å². The molecule has 1 aromatic rings. The SMILES string of the molecule is CC1(NC(=O)c2ccncc2N)CC1. The molecule has 0 bridgehead atoms. The fourth-order valence-corrected chi connectivity index (χ4v) is 1.27. The molecule has 4 heteroatoms. The molecule has 0 aliphatic heterocycles. The number of nitrogen functional groups attached to an aromatic ring is 1. The van der Waals surface area contributed by atoms with E-state index in [2.05, 4.69) is 10.3 Å². The maximum atomic E-state index is 11.7. The summed E-state index contributed by atoms with van der Waals surface area (Å²) in [5.41, 5.74) is 6.56. The Kier molecular flexibility index (Phi) is 1.91. The number of nitrogens with one attached hydrogen (secondary N) is 1. The fourth-order valence-electron chi connectivity index (χ4n) is 1.27. The molecule has 0 radical (unpaired) electrons. The number of hydrogen-bond donors (Lipinski definition) is 2. The summed E-state index contributed by atoms with van der Waals surface area (Å²) in [6, 6.07) is 1.64. The van der Waals surface area contributed by atoms with E-state index in [9.17, 15) is 4.79 Å². The van der Waals surface area contributed by atoms with Crippen LogP contribution in [0.4, 0.5) is 5.69 Å². The third kappa shape index (κ3) is 1.69. The van der Waals surface area contributed by atoms with Crippen molar-refractivity contribution in [2.75, 3.05) is 5.73 Å². The van der Waals surface area contributed by atoms with Gasteiger partial charge in [-0.3, -0.25) is 9.78 Å². The molecule has 0 atom stereocenters. The van der Waals surface area contributed by atoms with Gasteiger partial charge in [0, 0.05) is 11.7 Å². The average Bonchev–Trinajstić information content (AvgIpc) is 2.84. The van der Waals surface area contributed by atoms with Crippen LogP contribution in [0, 0.1) is 0 Å². The zero-order chi connectivity index (χ0) is 10.2. The number of pyridine rings is 1. The number of aromatic nitrogens is 1. The van der Waals surface area contributed by atoms with E-state index < -0.39 is 0 Å². The molecule has 1 heterocycles. The molecular formula is C10H13N3O. The van der Waals surface area contributed by atoms with Crippen LogP contribution in [-0.4, -0.2) is 16.4 Å². The van der Waals surface area contributed by atoms with Crippen LogP contribution in [0.1, 0.15) is 30.1 Å². The third-order valence-corrected chi connectivity index (χ3v) is 2.51. The Bertz CT molecular complexity index is 371. The predicted octanol–water partition coefficient (Wildman–Crippen LogP) is 0.946. The largest absolute Gasteiger partial charge is 0.397 e. The van der Waals surface area contributed by atoms with Gasteiger partial charge in [0.05, 0.1) is 17.4 Å². The van der Waals surface area contributed by atoms with Gasteiger partial charge in [-0.25, -0.2) is 0 Å². The molecule has 74 valence electrons. The van der Waals surface area contributed by atoms with E-state index in [0.29, 0.717) is 11.3 Å². The van der Waals surface area contributed by atoms with Crippen molar-refractivity contribution in [3.8, 4) is 0 Å². The lowest BCUT2D eigenvalue weighted by Gasteiger charge is -2.12. The van der Waals surface area contributed by atoms with Gasteiger partial charge in [0.1, 0.15) is 0 Å². The first-order valence-corrected chi connectivity index (χ1v) is 4.63. The molecule has 4 nitrogen and oxygen atoms in total. The minimum absolute atomic E-state index is 0.00715. The highest BCUT2D eigenvalue weighted by molar-refractivity contribution is 5.99. The monoisotopic (exact) mass is 191 g/mol. The molecule has 14 heavy (non-hydrogen) atoms. The van der Waals surface area contributed by atoms with Gasteiger partial charge in [-0.2, -0.15) is 0 Å². The quantitative estimate of drug-likeness (QED) is 0.731. The van der Waals surface area contributed by atoms with Crippen LogP contribution in [0.15, 0.2) is 18.5 Å². The number of nitrogens with two attached hydrogens (primary N) is 1. The maximum Gasteiger partial charge on any atom is 0.253 e. The van der Waals surface area contributed by atoms with Gasteiger partial charge in [0.15, 0.2) is 0 Å². The van der Waals surface area contributed by atoms with Crippen molar-refractivity contribution in [2.24, 2.45) is 0 Å². The summed E-state index contributed by atoms with van der Waals surface area (Å²) in [6.45, 7) is 2.03. The second kappa shape index (κ2) is 2.97. The van der Waals surface area contributed by atoms with Crippen molar-refractivity contribution < 1.29 is 4.79 Å². The Morgan fingerprint density at radius 3 is 2.93 bits per heavy atom. The molecule has 0 saturated heterocycles. The number of amides is 1. The van der Waals surface area contributed by atoms with Crippen LogP contribution in [0.5, 0.6) is 0 Å². The van der Waals surface area contributed by atoms with Gasteiger partial charge in [0.2, 0.25) is 0 Å². The number of carbonyl (C=O) groups is 1. The number of rotatable bonds is 2. The average molecular weight is 191 g/mol. The first-order valence-electron chi connectivity index (χ1n) is 4.63. The van der Waals surface area contributed by atoms with Gasteiger partial charge in [0.25, 0.3) is 5.91 Å². The number of nitrogens with zero attached hydrogens (tertiary/aromatic N) is 1. The van der Waals surface area contributed by atoms with Crippen molar-refractivity contribution in [3.63, 3.8) is 0 Å². The molecular weight excluding hydrogens is 178 g/mol. The van der Waals surface area contributed by atoms with Crippen molar-refractivity contribution in [3.05, 3.63) is 24.0 Å². The summed E-state index contributed by atoms with van der Waals surface area (Å²) in [5.74, 6) is -0.107. The minimum Gasteiger partial charge on any atom is -0.397 e. The van der Waals surface area contributed by atoms with Crippen LogP contribution in [0.25, 0.3) is 0 Å². The molecule has 1 amide bonds. The first kappa shape index (κ1) is 8.99. The van der Waals surface area contributed by atoms with Crippen molar-refractivity contribution in [1.29, 1.82) is 0 Å². The van der Waals surface area contributed by atoms with Crippen LogP contribution < -0.4 is 11.1 Å². The number of hydrogen-bond acceptors (Lipinski definition) is 3. The second-order valence-corrected chi connectivity index (χ2v) is 3.98. The first-order chi connectivity index (χ1) is 6.61. The van der Waals surface area contributed by atoms with Crippen LogP contribution >= 0.6 is 0 Å². The maximum absolute atomic E-state index is 11.7. The van der Waals surface area contributed by atoms with E-state index >= 15 is 0 Å². The molecule has 1 aromatic heterocycles. The Labute approximate surface area is 82.5 Å². The van der Waals surface area contributed by atoms with Crippen LogP contribution in [-0.2, 0) is 0 Å². The Morgan fingerprint density at radius 1 is 1.64 bits per heavy atom. The van der Waals surface area contributed by atoms with Gasteiger partial charge < -0.3 is 11.1 Å². The molecule has 0 spiro atoms. The highest BCUT2D eigenvalue weighted by Crippen LogP contribution is 2.34. The minimum atomic E-state index is -0.107. The predicted molar refractivity (Wildman–Crippen MR) is 53.8 cm³/mol. The molecule has 1 fully saturated rings. The normalized spacial score (nSPS) is 17.5. The van der Waals surface area contributed by atoms with Crippen LogP contribution in [0.3, 0.4) is 0 Å². The third-order valence-electron chi connectivity index (χ3n) is 2.51. The molecule has 2 rings (SSSR count). The van der Waals surface area contributed by atoms with Crippen molar-refractivity contribution in [2.45, 2.75) is 25.3 Å². The lowest BCUT2D eigenvalue weighted by atomic mass is 10.2. The summed E-state index contributed by atoms with van der Waals surface area (Å²) in [4.78, 5) is 15.5. The van der Waals surface area contributed by atoms with Gasteiger partial charge in [-0.05, 0) is 25.8 Å². The Morgan fingerprint density at radius 2 is 2.36 bits per heavy atom. The van der Waals surface area contributed by atoms with Crippen molar-refractivity contribution >= 4 is 11.6 Å². The topological polar surface area (TPSA) is 68.0 Å². The zero-order valence-electron chi connectivity index (χ0n) is 8.08. The summed E-state index contributed by atoms with van der Waals surface area (Å²) >= 11 is 0. The standard InChI is InChI=1S/C10H13N3O/c1-10(3-4-10)13-9(14)7-2-5-12-6-8(7)11/h2,5-6H,3-4,11H2,1H3,(H,13,14). The van der Waals surface area contributed by atoms with Gasteiger partial charge in [-0.1, -0.05) is 0 Å². The van der Waals surface area contributed by atoms with E-state index in [0.717, 1.165) is 12.8 Å².